The van der Waals surface area contributed by atoms with Crippen molar-refractivity contribution in [2.24, 2.45) is 5.73 Å². The van der Waals surface area contributed by atoms with Crippen LogP contribution in [0, 0.1) is 6.92 Å². The second-order valence-corrected chi connectivity index (χ2v) is 6.74. The van der Waals surface area contributed by atoms with Gasteiger partial charge in [0.15, 0.2) is 11.5 Å². The Morgan fingerprint density at radius 2 is 1.72 bits per heavy atom. The van der Waals surface area contributed by atoms with Gasteiger partial charge in [-0.2, -0.15) is 0 Å². The van der Waals surface area contributed by atoms with Gasteiger partial charge in [-0.25, -0.2) is 0 Å². The van der Waals surface area contributed by atoms with Crippen molar-refractivity contribution >= 4 is 11.6 Å². The van der Waals surface area contributed by atoms with E-state index in [2.05, 4.69) is 29.6 Å². The van der Waals surface area contributed by atoms with Crippen molar-refractivity contribution in [1.29, 1.82) is 0 Å². The zero-order valence-corrected chi connectivity index (χ0v) is 16.8. The number of methoxy groups -OCH3 is 1. The van der Waals surface area contributed by atoms with E-state index >= 15 is 0 Å². The van der Waals surface area contributed by atoms with Crippen molar-refractivity contribution in [3.05, 3.63) is 77.9 Å². The van der Waals surface area contributed by atoms with Gasteiger partial charge >= 0.3 is 0 Å². The second-order valence-electron chi connectivity index (χ2n) is 6.74. The molecule has 5 nitrogen and oxygen atoms in total. The summed E-state index contributed by atoms with van der Waals surface area (Å²) in [7, 11) is 1.57. The summed E-state index contributed by atoms with van der Waals surface area (Å²) < 4.78 is 10.8. The van der Waals surface area contributed by atoms with Gasteiger partial charge in [-0.1, -0.05) is 42.5 Å². The maximum Gasteiger partial charge on any atom is 0.228 e. The van der Waals surface area contributed by atoms with Gasteiger partial charge in [-0.05, 0) is 53.4 Å². The van der Waals surface area contributed by atoms with Crippen LogP contribution in [0.4, 0.5) is 5.69 Å². The Kier molecular flexibility index (Phi) is 6.87. The number of rotatable bonds is 7. The van der Waals surface area contributed by atoms with Gasteiger partial charge in [0.05, 0.1) is 13.5 Å². The van der Waals surface area contributed by atoms with Crippen LogP contribution in [0.2, 0.25) is 0 Å². The summed E-state index contributed by atoms with van der Waals surface area (Å²) in [5.41, 5.74) is 11.0. The Morgan fingerprint density at radius 1 is 0.966 bits per heavy atom. The summed E-state index contributed by atoms with van der Waals surface area (Å²) in [6.45, 7) is 2.81. The SMILES string of the molecule is COc1cc(CC(=O)Nc2ccccc2C)ccc1OCCN.c1cc2cc-2c1. The number of hydrogen-bond donors (Lipinski definition) is 2. The summed E-state index contributed by atoms with van der Waals surface area (Å²) in [5, 5.41) is 2.92. The molecule has 0 heterocycles. The molecule has 0 atom stereocenters. The summed E-state index contributed by atoms with van der Waals surface area (Å²) in [5.74, 6) is 1.15. The minimum Gasteiger partial charge on any atom is -0.493 e. The maximum absolute atomic E-state index is 12.2. The first-order valence-corrected chi connectivity index (χ1v) is 9.56. The van der Waals surface area contributed by atoms with Gasteiger partial charge < -0.3 is 20.5 Å². The fourth-order valence-corrected chi connectivity index (χ4v) is 2.88. The fourth-order valence-electron chi connectivity index (χ4n) is 2.88. The monoisotopic (exact) mass is 390 g/mol. The highest BCUT2D eigenvalue weighted by Crippen LogP contribution is 2.32. The molecule has 0 saturated heterocycles. The lowest BCUT2D eigenvalue weighted by Gasteiger charge is -2.12. The van der Waals surface area contributed by atoms with Crippen molar-refractivity contribution in [2.75, 3.05) is 25.6 Å². The molecular formula is C24H26N2O3. The molecule has 0 spiro atoms. The molecule has 4 rings (SSSR count). The maximum atomic E-state index is 12.2. The third-order valence-electron chi connectivity index (χ3n) is 4.50. The minimum absolute atomic E-state index is 0.0722. The van der Waals surface area contributed by atoms with Crippen LogP contribution in [0.1, 0.15) is 11.1 Å². The molecule has 3 N–H and O–H groups in total. The standard InChI is InChI=1S/C18H22N2O3.C6H4/c1-13-5-3-4-6-15(13)20-18(21)12-14-7-8-16(23-10-9-19)17(11-14)22-2;1-2-5-4-6(5)3-1/h3-8,11H,9-10,12,19H2,1-2H3,(H,20,21);1-4H. The van der Waals surface area contributed by atoms with Crippen molar-refractivity contribution in [1.82, 2.24) is 0 Å². The van der Waals surface area contributed by atoms with E-state index in [4.69, 9.17) is 15.2 Å². The molecule has 0 saturated carbocycles. The van der Waals surface area contributed by atoms with Crippen molar-refractivity contribution in [3.63, 3.8) is 0 Å². The molecule has 0 bridgehead atoms. The Labute approximate surface area is 171 Å². The largest absolute Gasteiger partial charge is 0.493 e. The van der Waals surface area contributed by atoms with Crippen LogP contribution in [-0.4, -0.2) is 26.2 Å². The first kappa shape index (κ1) is 20.4. The lowest BCUT2D eigenvalue weighted by atomic mass is 10.1. The molecule has 0 unspecified atom stereocenters. The number of anilines is 1. The number of amides is 1. The molecule has 2 aliphatic rings. The van der Waals surface area contributed by atoms with Crippen molar-refractivity contribution in [3.8, 4) is 22.6 Å². The van der Waals surface area contributed by atoms with E-state index in [0.29, 0.717) is 24.7 Å². The van der Waals surface area contributed by atoms with E-state index in [1.807, 2.05) is 43.3 Å². The summed E-state index contributed by atoms with van der Waals surface area (Å²) >= 11 is 0. The number of carbonyl (C=O) groups excluding carboxylic acids is 1. The Balaban J connectivity index is 0.000000334. The van der Waals surface area contributed by atoms with Gasteiger partial charge in [0, 0.05) is 12.2 Å². The highest BCUT2D eigenvalue weighted by molar-refractivity contribution is 5.93. The number of ether oxygens (including phenoxy) is 2. The molecule has 2 aliphatic carbocycles. The molecule has 0 aromatic heterocycles. The smallest absolute Gasteiger partial charge is 0.228 e. The van der Waals surface area contributed by atoms with E-state index < -0.39 is 0 Å². The molecule has 0 aliphatic heterocycles. The van der Waals surface area contributed by atoms with Crippen LogP contribution in [0.25, 0.3) is 11.1 Å². The zero-order valence-electron chi connectivity index (χ0n) is 16.8. The number of aryl methyl sites for hydroxylation is 1. The number of carbonyl (C=O) groups is 1. The Morgan fingerprint density at radius 3 is 2.31 bits per heavy atom. The van der Waals surface area contributed by atoms with E-state index in [1.165, 1.54) is 11.1 Å². The minimum atomic E-state index is -0.0722. The van der Waals surface area contributed by atoms with E-state index in [-0.39, 0.29) is 12.3 Å². The van der Waals surface area contributed by atoms with E-state index in [0.717, 1.165) is 16.8 Å². The van der Waals surface area contributed by atoms with E-state index in [1.54, 1.807) is 13.2 Å². The third kappa shape index (κ3) is 5.83. The lowest BCUT2D eigenvalue weighted by Crippen LogP contribution is -2.15. The number of para-hydroxylation sites is 1. The second kappa shape index (κ2) is 9.75. The van der Waals surface area contributed by atoms with Gasteiger partial charge in [0.25, 0.3) is 0 Å². The fraction of sp³-hybridized carbons (Fsp3) is 0.208. The van der Waals surface area contributed by atoms with E-state index in [9.17, 15) is 4.79 Å². The molecule has 1 amide bonds. The molecule has 29 heavy (non-hydrogen) atoms. The number of hydrogen-bond acceptors (Lipinski definition) is 4. The molecule has 5 heteroatoms. The number of nitrogens with one attached hydrogen (secondary N) is 1. The van der Waals surface area contributed by atoms with Gasteiger partial charge in [0.1, 0.15) is 6.61 Å². The summed E-state index contributed by atoms with van der Waals surface area (Å²) in [6, 6.07) is 21.6. The Bertz CT molecular complexity index is 968. The topological polar surface area (TPSA) is 73.6 Å². The average molecular weight is 390 g/mol. The molecule has 0 radical (unpaired) electrons. The lowest BCUT2D eigenvalue weighted by molar-refractivity contribution is -0.115. The first-order chi connectivity index (χ1) is 14.1. The van der Waals surface area contributed by atoms with Crippen LogP contribution < -0.4 is 20.5 Å². The third-order valence-corrected chi connectivity index (χ3v) is 4.50. The molecule has 150 valence electrons. The quantitative estimate of drug-likeness (QED) is 0.496. The van der Waals surface area contributed by atoms with Gasteiger partial charge in [0.2, 0.25) is 5.91 Å². The van der Waals surface area contributed by atoms with Crippen LogP contribution in [-0.2, 0) is 11.2 Å². The normalized spacial score (nSPS) is 10.4. The predicted octanol–water partition coefficient (Wildman–Crippen LogP) is 4.19. The molecule has 0 fully saturated rings. The van der Waals surface area contributed by atoms with Crippen molar-refractivity contribution in [2.45, 2.75) is 13.3 Å². The first-order valence-electron chi connectivity index (χ1n) is 9.56. The number of nitrogens with two attached hydrogens (primary N) is 1. The van der Waals surface area contributed by atoms with Crippen LogP contribution in [0.5, 0.6) is 11.5 Å². The number of benzene rings is 3. The molecular weight excluding hydrogens is 364 g/mol. The zero-order chi connectivity index (χ0) is 20.6. The predicted molar refractivity (Wildman–Crippen MR) is 116 cm³/mol. The van der Waals surface area contributed by atoms with Crippen LogP contribution >= 0.6 is 0 Å². The van der Waals surface area contributed by atoms with Crippen molar-refractivity contribution < 1.29 is 14.3 Å². The van der Waals surface area contributed by atoms with Gasteiger partial charge in [-0.3, -0.25) is 4.79 Å². The molecule has 2 aromatic rings. The highest BCUT2D eigenvalue weighted by atomic mass is 16.5. The average Bonchev–Trinajstić information content (AvgIpc) is 3.33. The Hall–Kier alpha value is -3.31. The van der Waals surface area contributed by atoms with Gasteiger partial charge in [-0.15, -0.1) is 0 Å². The number of fused-ring (bicyclic) bond motifs is 1. The van der Waals surface area contributed by atoms with Crippen LogP contribution in [0.15, 0.2) is 66.7 Å². The summed E-state index contributed by atoms with van der Waals surface area (Å²) in [6.07, 6.45) is 0.266. The highest BCUT2D eigenvalue weighted by Gasteiger charge is 2.10. The summed E-state index contributed by atoms with van der Waals surface area (Å²) in [4.78, 5) is 12.2. The van der Waals surface area contributed by atoms with Crippen LogP contribution in [0.3, 0.4) is 0 Å². The molecule has 2 aromatic carbocycles.